The van der Waals surface area contributed by atoms with E-state index in [1.165, 1.54) is 0 Å². The van der Waals surface area contributed by atoms with Gasteiger partial charge in [0.1, 0.15) is 0 Å². The van der Waals surface area contributed by atoms with Crippen molar-refractivity contribution in [1.29, 1.82) is 0 Å². The maximum Gasteiger partial charge on any atom is 0.217 e. The minimum atomic E-state index is 0.0347. The van der Waals surface area contributed by atoms with E-state index in [9.17, 15) is 4.79 Å². The Morgan fingerprint density at radius 2 is 2.56 bits per heavy atom. The Balaban J connectivity index is 2.00. The Morgan fingerprint density at radius 3 is 3.17 bits per heavy atom. The van der Waals surface area contributed by atoms with E-state index in [1.807, 2.05) is 12.3 Å². The molecule has 5 nitrogen and oxygen atoms in total. The van der Waals surface area contributed by atoms with Gasteiger partial charge in [-0.1, -0.05) is 6.07 Å². The van der Waals surface area contributed by atoms with Crippen molar-refractivity contribution in [3.05, 3.63) is 30.1 Å². The van der Waals surface area contributed by atoms with Crippen molar-refractivity contribution in [1.82, 2.24) is 15.2 Å². The molecule has 1 aromatic rings. The van der Waals surface area contributed by atoms with Gasteiger partial charge >= 0.3 is 0 Å². The van der Waals surface area contributed by atoms with E-state index >= 15 is 0 Å². The van der Waals surface area contributed by atoms with Gasteiger partial charge in [-0.2, -0.15) is 0 Å². The maximum atomic E-state index is 11.1. The van der Waals surface area contributed by atoms with Gasteiger partial charge in [0.15, 0.2) is 0 Å². The van der Waals surface area contributed by atoms with Gasteiger partial charge in [-0.05, 0) is 18.1 Å². The molecule has 1 fully saturated rings. The molecule has 2 rings (SSSR count). The maximum absolute atomic E-state index is 11.1. The van der Waals surface area contributed by atoms with Crippen LogP contribution in [-0.4, -0.2) is 41.5 Å². The summed E-state index contributed by atoms with van der Waals surface area (Å²) in [6, 6.07) is 4.42. The fourth-order valence-corrected chi connectivity index (χ4v) is 2.54. The van der Waals surface area contributed by atoms with Gasteiger partial charge in [-0.25, -0.2) is 0 Å². The number of nitrogens with one attached hydrogen (secondary N) is 1. The first-order chi connectivity index (χ1) is 8.70. The average Bonchev–Trinajstić information content (AvgIpc) is 2.79. The molecule has 2 unspecified atom stereocenters. The second kappa shape index (κ2) is 5.93. The number of nitrogens with two attached hydrogens (primary N) is 1. The normalized spacial score (nSPS) is 21.8. The van der Waals surface area contributed by atoms with Gasteiger partial charge < -0.3 is 11.1 Å². The zero-order chi connectivity index (χ0) is 13.0. The number of hydrogen-bond donors (Lipinski definition) is 2. The molecule has 5 heteroatoms. The van der Waals surface area contributed by atoms with Crippen LogP contribution in [-0.2, 0) is 4.79 Å². The van der Waals surface area contributed by atoms with E-state index < -0.39 is 0 Å². The third-order valence-corrected chi connectivity index (χ3v) is 3.36. The molecule has 1 aliphatic rings. The van der Waals surface area contributed by atoms with Crippen LogP contribution in [0.5, 0.6) is 0 Å². The number of likely N-dealkylation sites (tertiary alicyclic amines) is 1. The monoisotopic (exact) mass is 248 g/mol. The molecule has 0 aliphatic carbocycles. The third-order valence-electron chi connectivity index (χ3n) is 3.36. The van der Waals surface area contributed by atoms with Crippen molar-refractivity contribution in [3.63, 3.8) is 0 Å². The highest BCUT2D eigenvalue weighted by Crippen LogP contribution is 2.23. The standard InChI is InChI=1S/C13H20N4O/c1-10(18)16-12-4-6-17(9-12)13(7-14)11-3-2-5-15-8-11/h2-3,5,8,12-13H,4,6-7,9,14H2,1H3,(H,16,18). The van der Waals surface area contributed by atoms with Crippen LogP contribution in [0.25, 0.3) is 0 Å². The number of hydrogen-bond acceptors (Lipinski definition) is 4. The average molecular weight is 248 g/mol. The number of rotatable bonds is 4. The fourth-order valence-electron chi connectivity index (χ4n) is 2.54. The molecule has 2 atom stereocenters. The molecule has 1 saturated heterocycles. The van der Waals surface area contributed by atoms with Crippen LogP contribution >= 0.6 is 0 Å². The third kappa shape index (κ3) is 3.05. The van der Waals surface area contributed by atoms with Crippen molar-refractivity contribution in [2.75, 3.05) is 19.6 Å². The van der Waals surface area contributed by atoms with E-state index in [2.05, 4.69) is 21.3 Å². The van der Waals surface area contributed by atoms with Gasteiger partial charge in [0.05, 0.1) is 0 Å². The minimum absolute atomic E-state index is 0.0347. The molecule has 0 radical (unpaired) electrons. The van der Waals surface area contributed by atoms with Crippen LogP contribution in [0, 0.1) is 0 Å². The lowest BCUT2D eigenvalue weighted by atomic mass is 10.1. The smallest absolute Gasteiger partial charge is 0.217 e. The molecular weight excluding hydrogens is 228 g/mol. The van der Waals surface area contributed by atoms with E-state index in [0.29, 0.717) is 6.54 Å². The fraction of sp³-hybridized carbons (Fsp3) is 0.538. The van der Waals surface area contributed by atoms with E-state index in [4.69, 9.17) is 5.73 Å². The topological polar surface area (TPSA) is 71.2 Å². The Labute approximate surface area is 107 Å². The molecule has 0 aromatic carbocycles. The van der Waals surface area contributed by atoms with Crippen LogP contribution in [0.3, 0.4) is 0 Å². The predicted octanol–water partition coefficient (Wildman–Crippen LogP) is 0.292. The van der Waals surface area contributed by atoms with Gasteiger partial charge in [-0.3, -0.25) is 14.7 Å². The summed E-state index contributed by atoms with van der Waals surface area (Å²) in [5, 5.41) is 2.97. The van der Waals surface area contributed by atoms with Crippen molar-refractivity contribution in [3.8, 4) is 0 Å². The number of nitrogens with zero attached hydrogens (tertiary/aromatic N) is 2. The van der Waals surface area contributed by atoms with Gasteiger partial charge in [0.25, 0.3) is 0 Å². The van der Waals surface area contributed by atoms with Crippen LogP contribution < -0.4 is 11.1 Å². The first-order valence-corrected chi connectivity index (χ1v) is 6.32. The summed E-state index contributed by atoms with van der Waals surface area (Å²) in [6.45, 7) is 3.95. The lowest BCUT2D eigenvalue weighted by Crippen LogP contribution is -2.38. The second-order valence-electron chi connectivity index (χ2n) is 4.72. The van der Waals surface area contributed by atoms with Gasteiger partial charge in [0, 0.05) is 51.0 Å². The highest BCUT2D eigenvalue weighted by Gasteiger charge is 2.28. The lowest BCUT2D eigenvalue weighted by molar-refractivity contribution is -0.119. The van der Waals surface area contributed by atoms with Crippen LogP contribution in [0.2, 0.25) is 0 Å². The number of pyridine rings is 1. The Morgan fingerprint density at radius 1 is 1.72 bits per heavy atom. The van der Waals surface area contributed by atoms with Crippen LogP contribution in [0.4, 0.5) is 0 Å². The number of amides is 1. The molecule has 0 bridgehead atoms. The summed E-state index contributed by atoms with van der Waals surface area (Å²) in [7, 11) is 0. The van der Waals surface area contributed by atoms with E-state index in [-0.39, 0.29) is 18.0 Å². The number of aromatic nitrogens is 1. The Bertz CT molecular complexity index is 395. The molecule has 18 heavy (non-hydrogen) atoms. The van der Waals surface area contributed by atoms with Crippen molar-refractivity contribution >= 4 is 5.91 Å². The second-order valence-corrected chi connectivity index (χ2v) is 4.72. The van der Waals surface area contributed by atoms with Crippen LogP contribution in [0.1, 0.15) is 24.9 Å². The highest BCUT2D eigenvalue weighted by molar-refractivity contribution is 5.73. The molecular formula is C13H20N4O. The first-order valence-electron chi connectivity index (χ1n) is 6.32. The molecule has 2 heterocycles. The first kappa shape index (κ1) is 13.0. The largest absolute Gasteiger partial charge is 0.352 e. The summed E-state index contributed by atoms with van der Waals surface area (Å²) < 4.78 is 0. The van der Waals surface area contributed by atoms with Gasteiger partial charge in [-0.15, -0.1) is 0 Å². The predicted molar refractivity (Wildman–Crippen MR) is 69.8 cm³/mol. The summed E-state index contributed by atoms with van der Waals surface area (Å²) in [4.78, 5) is 17.5. The summed E-state index contributed by atoms with van der Waals surface area (Å²) in [5.74, 6) is 0.0347. The van der Waals surface area contributed by atoms with E-state index in [1.54, 1.807) is 13.1 Å². The van der Waals surface area contributed by atoms with E-state index in [0.717, 1.165) is 25.1 Å². The highest BCUT2D eigenvalue weighted by atomic mass is 16.1. The van der Waals surface area contributed by atoms with Crippen molar-refractivity contribution < 1.29 is 4.79 Å². The van der Waals surface area contributed by atoms with Crippen LogP contribution in [0.15, 0.2) is 24.5 Å². The van der Waals surface area contributed by atoms with Crippen molar-refractivity contribution in [2.45, 2.75) is 25.4 Å². The SMILES string of the molecule is CC(=O)NC1CCN(C(CN)c2cccnc2)C1. The number of carbonyl (C=O) groups is 1. The Hall–Kier alpha value is -1.46. The van der Waals surface area contributed by atoms with Crippen molar-refractivity contribution in [2.24, 2.45) is 5.73 Å². The molecule has 1 aliphatic heterocycles. The summed E-state index contributed by atoms with van der Waals surface area (Å²) in [5.41, 5.74) is 7.02. The van der Waals surface area contributed by atoms with Gasteiger partial charge in [0.2, 0.25) is 5.91 Å². The molecule has 3 N–H and O–H groups in total. The molecule has 98 valence electrons. The molecule has 1 aromatic heterocycles. The molecule has 0 spiro atoms. The summed E-state index contributed by atoms with van der Waals surface area (Å²) >= 11 is 0. The quantitative estimate of drug-likeness (QED) is 0.803. The number of carbonyl (C=O) groups excluding carboxylic acids is 1. The zero-order valence-corrected chi connectivity index (χ0v) is 10.7. The Kier molecular flexibility index (Phi) is 4.28. The minimum Gasteiger partial charge on any atom is -0.352 e. The molecule has 0 saturated carbocycles. The zero-order valence-electron chi connectivity index (χ0n) is 10.7. The molecule has 1 amide bonds. The lowest BCUT2D eigenvalue weighted by Gasteiger charge is -2.26. The summed E-state index contributed by atoms with van der Waals surface area (Å²) in [6.07, 6.45) is 4.61.